The van der Waals surface area contributed by atoms with Gasteiger partial charge in [-0.2, -0.15) is 4.57 Å². The molecule has 0 spiro atoms. The van der Waals surface area contributed by atoms with Gasteiger partial charge in [0.1, 0.15) is 5.82 Å². The third kappa shape index (κ3) is 1.65. The Labute approximate surface area is 92.1 Å². The number of aryl methyl sites for hydroxylation is 1. The van der Waals surface area contributed by atoms with Gasteiger partial charge in [0.15, 0.2) is 0 Å². The summed E-state index contributed by atoms with van der Waals surface area (Å²) in [7, 11) is 0. The molecule has 0 aliphatic carbocycles. The van der Waals surface area contributed by atoms with Crippen LogP contribution in [0.15, 0.2) is 26.3 Å². The van der Waals surface area contributed by atoms with Gasteiger partial charge in [-0.3, -0.25) is 0 Å². The topological polar surface area (TPSA) is 83.5 Å². The lowest BCUT2D eigenvalue weighted by Crippen LogP contribution is -2.25. The zero-order chi connectivity index (χ0) is 11.0. The number of H-pyrrole nitrogens is 2. The first-order valence-corrected chi connectivity index (χ1v) is 4.91. The van der Waals surface area contributed by atoms with Crippen molar-refractivity contribution in [3.05, 3.63) is 43.3 Å². The van der Waals surface area contributed by atoms with E-state index < -0.39 is 11.4 Å². The van der Waals surface area contributed by atoms with Gasteiger partial charge in [-0.05, 0) is 34.5 Å². The van der Waals surface area contributed by atoms with Crippen LogP contribution in [0.5, 0.6) is 0 Å². The highest BCUT2D eigenvalue weighted by Gasteiger charge is 2.07. The van der Waals surface area contributed by atoms with Crippen LogP contribution in [-0.4, -0.2) is 19.7 Å². The number of aromatic amines is 2. The third-order valence-electron chi connectivity index (χ3n) is 1.94. The molecule has 78 valence electrons. The van der Waals surface area contributed by atoms with Crippen molar-refractivity contribution in [1.82, 2.24) is 19.7 Å². The molecule has 2 aromatic heterocycles. The van der Waals surface area contributed by atoms with Crippen LogP contribution in [0.1, 0.15) is 5.56 Å². The number of halogens is 1. The van der Waals surface area contributed by atoms with Crippen molar-refractivity contribution in [1.29, 1.82) is 0 Å². The van der Waals surface area contributed by atoms with Gasteiger partial charge in [-0.1, -0.05) is 0 Å². The van der Waals surface area contributed by atoms with E-state index in [-0.39, 0.29) is 0 Å². The molecule has 2 heterocycles. The minimum Gasteiger partial charge on any atom is -0.247 e. The average molecular weight is 271 g/mol. The fourth-order valence-electron chi connectivity index (χ4n) is 1.17. The van der Waals surface area contributed by atoms with Crippen molar-refractivity contribution in [2.24, 2.45) is 0 Å². The summed E-state index contributed by atoms with van der Waals surface area (Å²) in [6.45, 7) is 1.85. The van der Waals surface area contributed by atoms with Gasteiger partial charge >= 0.3 is 11.4 Å². The molecule has 0 unspecified atom stereocenters. The molecule has 2 rings (SSSR count). The molecule has 0 radical (unpaired) electrons. The molecule has 0 fully saturated rings. The number of nitrogens with one attached hydrogen (secondary N) is 2. The molecule has 15 heavy (non-hydrogen) atoms. The molecule has 0 amide bonds. The lowest BCUT2D eigenvalue weighted by molar-refractivity contribution is 0.904. The standard InChI is InChI=1S/C8H7BrN4O2/c1-4-2-6(10-3-5(4)9)13-7(14)11-12-8(13)15/h2-3H,1H3,(H,11,14)(H,12,15). The maximum absolute atomic E-state index is 11.3. The predicted octanol–water partition coefficient (Wildman–Crippen LogP) is 0.320. The Morgan fingerprint density at radius 3 is 2.47 bits per heavy atom. The average Bonchev–Trinajstić information content (AvgIpc) is 2.52. The molecule has 0 atom stereocenters. The van der Waals surface area contributed by atoms with Gasteiger partial charge in [0.05, 0.1) is 0 Å². The summed E-state index contributed by atoms with van der Waals surface area (Å²) in [6, 6.07) is 1.65. The van der Waals surface area contributed by atoms with Crippen molar-refractivity contribution >= 4 is 15.9 Å². The number of hydrogen-bond donors (Lipinski definition) is 2. The van der Waals surface area contributed by atoms with Gasteiger partial charge in [-0.15, -0.1) is 0 Å². The molecule has 6 nitrogen and oxygen atoms in total. The molecule has 0 aliphatic rings. The van der Waals surface area contributed by atoms with Gasteiger partial charge in [0.2, 0.25) is 0 Å². The molecule has 2 aromatic rings. The molecular formula is C8H7BrN4O2. The van der Waals surface area contributed by atoms with Crippen LogP contribution in [0.3, 0.4) is 0 Å². The maximum Gasteiger partial charge on any atom is 0.350 e. The Morgan fingerprint density at radius 2 is 1.93 bits per heavy atom. The monoisotopic (exact) mass is 270 g/mol. The zero-order valence-corrected chi connectivity index (χ0v) is 9.33. The lowest BCUT2D eigenvalue weighted by Gasteiger charge is -2.01. The van der Waals surface area contributed by atoms with E-state index in [1.54, 1.807) is 12.3 Å². The summed E-state index contributed by atoms with van der Waals surface area (Å²) in [5.41, 5.74) is -0.170. The highest BCUT2D eigenvalue weighted by atomic mass is 79.9. The summed E-state index contributed by atoms with van der Waals surface area (Å²) >= 11 is 3.29. The summed E-state index contributed by atoms with van der Waals surface area (Å²) in [5.74, 6) is 0.295. The molecule has 0 saturated carbocycles. The Kier molecular flexibility index (Phi) is 2.31. The molecule has 0 bridgehead atoms. The number of rotatable bonds is 1. The lowest BCUT2D eigenvalue weighted by atomic mass is 10.3. The van der Waals surface area contributed by atoms with Crippen LogP contribution in [0.25, 0.3) is 5.82 Å². The Bertz CT molecular complexity index is 582. The number of hydrogen-bond acceptors (Lipinski definition) is 3. The summed E-state index contributed by atoms with van der Waals surface area (Å²) in [6.07, 6.45) is 1.55. The SMILES string of the molecule is Cc1cc(-n2c(=O)[nH][nH]c2=O)ncc1Br. The van der Waals surface area contributed by atoms with E-state index >= 15 is 0 Å². The van der Waals surface area contributed by atoms with E-state index in [9.17, 15) is 9.59 Å². The van der Waals surface area contributed by atoms with Crippen LogP contribution in [0.2, 0.25) is 0 Å². The van der Waals surface area contributed by atoms with Crippen LogP contribution in [0.4, 0.5) is 0 Å². The molecular weight excluding hydrogens is 264 g/mol. The molecule has 0 aromatic carbocycles. The van der Waals surface area contributed by atoms with Crippen molar-refractivity contribution in [3.8, 4) is 5.82 Å². The van der Waals surface area contributed by atoms with Gasteiger partial charge in [0.25, 0.3) is 0 Å². The molecule has 2 N–H and O–H groups in total. The number of pyridine rings is 1. The molecule has 0 saturated heterocycles. The third-order valence-corrected chi connectivity index (χ3v) is 2.77. The summed E-state index contributed by atoms with van der Waals surface area (Å²) in [5, 5.41) is 4.38. The van der Waals surface area contributed by atoms with Crippen LogP contribution >= 0.6 is 15.9 Å². The normalized spacial score (nSPS) is 10.5. The minimum atomic E-state index is -0.533. The van der Waals surface area contributed by atoms with E-state index in [4.69, 9.17) is 0 Å². The molecule has 0 aliphatic heterocycles. The largest absolute Gasteiger partial charge is 0.350 e. The van der Waals surface area contributed by atoms with Crippen molar-refractivity contribution in [2.75, 3.05) is 0 Å². The molecule has 7 heteroatoms. The number of aromatic nitrogens is 4. The van der Waals surface area contributed by atoms with E-state index in [1.165, 1.54) is 0 Å². The zero-order valence-electron chi connectivity index (χ0n) is 7.74. The van der Waals surface area contributed by atoms with E-state index in [1.807, 2.05) is 6.92 Å². The van der Waals surface area contributed by atoms with Gasteiger partial charge in [0, 0.05) is 10.7 Å². The fourth-order valence-corrected chi connectivity index (χ4v) is 1.38. The van der Waals surface area contributed by atoms with E-state index in [0.717, 1.165) is 14.6 Å². The summed E-state index contributed by atoms with van der Waals surface area (Å²) < 4.78 is 1.76. The van der Waals surface area contributed by atoms with Crippen molar-refractivity contribution in [2.45, 2.75) is 6.92 Å². The summed E-state index contributed by atoms with van der Waals surface area (Å²) in [4.78, 5) is 26.5. The van der Waals surface area contributed by atoms with E-state index in [0.29, 0.717) is 5.82 Å². The van der Waals surface area contributed by atoms with Crippen molar-refractivity contribution < 1.29 is 0 Å². The highest BCUT2D eigenvalue weighted by Crippen LogP contribution is 2.15. The van der Waals surface area contributed by atoms with Crippen LogP contribution in [-0.2, 0) is 0 Å². The maximum atomic E-state index is 11.3. The first-order valence-electron chi connectivity index (χ1n) is 4.12. The van der Waals surface area contributed by atoms with Crippen LogP contribution < -0.4 is 11.4 Å². The van der Waals surface area contributed by atoms with Crippen LogP contribution in [0, 0.1) is 6.92 Å². The van der Waals surface area contributed by atoms with Gasteiger partial charge < -0.3 is 0 Å². The Morgan fingerprint density at radius 1 is 1.33 bits per heavy atom. The minimum absolute atomic E-state index is 0.295. The first-order chi connectivity index (χ1) is 7.09. The highest BCUT2D eigenvalue weighted by molar-refractivity contribution is 9.10. The number of nitrogens with zero attached hydrogens (tertiary/aromatic N) is 2. The first kappa shape index (κ1) is 9.91. The van der Waals surface area contributed by atoms with E-state index in [2.05, 4.69) is 31.1 Å². The second-order valence-corrected chi connectivity index (χ2v) is 3.84. The second-order valence-electron chi connectivity index (χ2n) is 2.99. The quantitative estimate of drug-likeness (QED) is 0.783. The predicted molar refractivity (Wildman–Crippen MR) is 57.2 cm³/mol. The second kappa shape index (κ2) is 3.50. The fraction of sp³-hybridized carbons (Fsp3) is 0.125. The Hall–Kier alpha value is -1.63. The Balaban J connectivity index is 2.70. The van der Waals surface area contributed by atoms with Crippen molar-refractivity contribution in [3.63, 3.8) is 0 Å². The van der Waals surface area contributed by atoms with Gasteiger partial charge in [-0.25, -0.2) is 24.8 Å². The smallest absolute Gasteiger partial charge is 0.247 e.